The van der Waals surface area contributed by atoms with Crippen LogP contribution < -0.4 is 24.4 Å². The molecule has 0 bridgehead atoms. The highest BCUT2D eigenvalue weighted by Crippen LogP contribution is 2.32. The van der Waals surface area contributed by atoms with Gasteiger partial charge in [0, 0.05) is 0 Å². The molecular formula is C25H24N2O6S. The molecule has 0 saturated heterocycles. The smallest absolute Gasteiger partial charge is 0.338 e. The van der Waals surface area contributed by atoms with Crippen molar-refractivity contribution in [1.29, 1.82) is 0 Å². The zero-order valence-electron chi connectivity index (χ0n) is 19.2. The summed E-state index contributed by atoms with van der Waals surface area (Å²) in [4.78, 5) is 31.5. The van der Waals surface area contributed by atoms with Crippen molar-refractivity contribution in [2.24, 2.45) is 4.99 Å². The molecule has 1 aromatic heterocycles. The van der Waals surface area contributed by atoms with Gasteiger partial charge in [-0.1, -0.05) is 29.5 Å². The Labute approximate surface area is 199 Å². The van der Waals surface area contributed by atoms with Crippen molar-refractivity contribution in [2.75, 3.05) is 20.8 Å². The Bertz CT molecular complexity index is 1470. The molecule has 0 aliphatic carbocycles. The highest BCUT2D eigenvalue weighted by molar-refractivity contribution is 7.07. The fourth-order valence-electron chi connectivity index (χ4n) is 3.87. The summed E-state index contributed by atoms with van der Waals surface area (Å²) in [6.07, 6.45) is 1.68. The van der Waals surface area contributed by atoms with E-state index in [1.165, 1.54) is 29.1 Å². The van der Waals surface area contributed by atoms with Crippen molar-refractivity contribution >= 4 is 23.4 Å². The van der Waals surface area contributed by atoms with E-state index >= 15 is 0 Å². The molecule has 4 rings (SSSR count). The molecule has 2 heterocycles. The lowest BCUT2D eigenvalue weighted by Gasteiger charge is -2.25. The number of rotatable bonds is 6. The van der Waals surface area contributed by atoms with Crippen LogP contribution in [0.15, 0.2) is 63.5 Å². The second kappa shape index (κ2) is 9.56. The number of esters is 1. The van der Waals surface area contributed by atoms with E-state index in [-0.39, 0.29) is 17.9 Å². The number of thiazole rings is 1. The largest absolute Gasteiger partial charge is 0.504 e. The lowest BCUT2D eigenvalue weighted by Crippen LogP contribution is -2.39. The van der Waals surface area contributed by atoms with Gasteiger partial charge in [0.1, 0.15) is 5.75 Å². The van der Waals surface area contributed by atoms with Gasteiger partial charge in [-0.2, -0.15) is 0 Å². The monoisotopic (exact) mass is 480 g/mol. The SMILES string of the molecule is CCOC(=O)C1=C(C)N=c2s/c(=C\c3ccc(OC)c(O)c3)c(=O)n2[C@@H]1c1cccc(OC)c1. The molecule has 8 nitrogen and oxygen atoms in total. The number of methoxy groups -OCH3 is 2. The van der Waals surface area contributed by atoms with Gasteiger partial charge in [0.05, 0.1) is 42.7 Å². The van der Waals surface area contributed by atoms with Gasteiger partial charge in [0.15, 0.2) is 16.3 Å². The summed E-state index contributed by atoms with van der Waals surface area (Å²) in [7, 11) is 3.02. The van der Waals surface area contributed by atoms with Crippen molar-refractivity contribution < 1.29 is 24.1 Å². The molecule has 0 radical (unpaired) electrons. The van der Waals surface area contributed by atoms with Crippen LogP contribution in [0.3, 0.4) is 0 Å². The number of allylic oxidation sites excluding steroid dienone is 1. The predicted molar refractivity (Wildman–Crippen MR) is 128 cm³/mol. The minimum absolute atomic E-state index is 0.0290. The number of aromatic nitrogens is 1. The molecule has 0 amide bonds. The van der Waals surface area contributed by atoms with Crippen LogP contribution in [0.2, 0.25) is 0 Å². The van der Waals surface area contributed by atoms with E-state index in [9.17, 15) is 14.7 Å². The quantitative estimate of drug-likeness (QED) is 0.545. The second-order valence-corrected chi connectivity index (χ2v) is 8.52. The molecule has 3 aromatic rings. The Hall–Kier alpha value is -3.85. The molecule has 1 aliphatic rings. The van der Waals surface area contributed by atoms with E-state index in [4.69, 9.17) is 14.2 Å². The first-order chi connectivity index (χ1) is 16.4. The molecule has 176 valence electrons. The number of fused-ring (bicyclic) bond motifs is 1. The van der Waals surface area contributed by atoms with E-state index in [1.54, 1.807) is 51.3 Å². The van der Waals surface area contributed by atoms with Crippen LogP contribution in [0.25, 0.3) is 6.08 Å². The standard InChI is InChI=1S/C25H24N2O6S/c1-5-33-24(30)21-14(2)26-25-27(22(21)16-7-6-8-17(13-16)31-3)23(29)20(34-25)12-15-9-10-19(32-4)18(28)11-15/h6-13,22,28H,5H2,1-4H3/b20-12-/t22-/m1/s1. The number of nitrogens with zero attached hydrogens (tertiary/aromatic N) is 2. The lowest BCUT2D eigenvalue weighted by molar-refractivity contribution is -0.139. The number of carbonyl (C=O) groups is 1. The third kappa shape index (κ3) is 4.22. The number of phenols is 1. The summed E-state index contributed by atoms with van der Waals surface area (Å²) in [6.45, 7) is 3.66. The zero-order valence-corrected chi connectivity index (χ0v) is 20.0. The molecule has 1 aliphatic heterocycles. The van der Waals surface area contributed by atoms with E-state index in [0.29, 0.717) is 43.2 Å². The van der Waals surface area contributed by atoms with Gasteiger partial charge in [0.2, 0.25) is 0 Å². The number of carbonyl (C=O) groups excluding carboxylic acids is 1. The second-order valence-electron chi connectivity index (χ2n) is 7.51. The maximum atomic E-state index is 13.6. The minimum atomic E-state index is -0.725. The molecule has 0 fully saturated rings. The van der Waals surface area contributed by atoms with Gasteiger partial charge < -0.3 is 19.3 Å². The highest BCUT2D eigenvalue weighted by Gasteiger charge is 2.33. The van der Waals surface area contributed by atoms with E-state index in [0.717, 1.165) is 0 Å². The van der Waals surface area contributed by atoms with Gasteiger partial charge >= 0.3 is 5.97 Å². The van der Waals surface area contributed by atoms with Crippen LogP contribution in [0.4, 0.5) is 0 Å². The summed E-state index contributed by atoms with van der Waals surface area (Å²) in [6, 6.07) is 11.4. The number of hydrogen-bond acceptors (Lipinski definition) is 8. The van der Waals surface area contributed by atoms with Crippen LogP contribution in [0, 0.1) is 0 Å². The molecule has 0 saturated carbocycles. The average molecular weight is 481 g/mol. The Morgan fingerprint density at radius 1 is 1.21 bits per heavy atom. The summed E-state index contributed by atoms with van der Waals surface area (Å²) in [5, 5.41) is 10.1. The van der Waals surface area contributed by atoms with Crippen molar-refractivity contribution in [3.63, 3.8) is 0 Å². The summed E-state index contributed by atoms with van der Waals surface area (Å²) >= 11 is 1.21. The van der Waals surface area contributed by atoms with Gasteiger partial charge in [-0.05, 0) is 55.3 Å². The Kier molecular flexibility index (Phi) is 6.56. The molecule has 9 heteroatoms. The molecule has 2 aromatic carbocycles. The molecule has 1 N–H and O–H groups in total. The van der Waals surface area contributed by atoms with Crippen LogP contribution in [0.5, 0.6) is 17.2 Å². The highest BCUT2D eigenvalue weighted by atomic mass is 32.1. The normalized spacial score (nSPS) is 15.5. The van der Waals surface area contributed by atoms with Gasteiger partial charge in [0.25, 0.3) is 5.56 Å². The fraction of sp³-hybridized carbons (Fsp3) is 0.240. The number of ether oxygens (including phenoxy) is 3. The van der Waals surface area contributed by atoms with Crippen molar-refractivity contribution in [3.05, 3.63) is 84.5 Å². The van der Waals surface area contributed by atoms with Crippen LogP contribution in [-0.4, -0.2) is 36.5 Å². The third-order valence-corrected chi connectivity index (χ3v) is 6.41. The first-order valence-electron chi connectivity index (χ1n) is 10.6. The van der Waals surface area contributed by atoms with Crippen molar-refractivity contribution in [1.82, 2.24) is 4.57 Å². The number of aromatic hydroxyl groups is 1. The fourth-order valence-corrected chi connectivity index (χ4v) is 4.91. The minimum Gasteiger partial charge on any atom is -0.504 e. The van der Waals surface area contributed by atoms with Crippen LogP contribution >= 0.6 is 11.3 Å². The topological polar surface area (TPSA) is 99.4 Å². The third-order valence-electron chi connectivity index (χ3n) is 5.43. The average Bonchev–Trinajstić information content (AvgIpc) is 3.12. The van der Waals surface area contributed by atoms with Gasteiger partial charge in [-0.15, -0.1) is 0 Å². The number of phenolic OH excluding ortho intramolecular Hbond substituents is 1. The van der Waals surface area contributed by atoms with Crippen LogP contribution in [-0.2, 0) is 9.53 Å². The molecular weight excluding hydrogens is 456 g/mol. The first kappa shape index (κ1) is 23.3. The maximum absolute atomic E-state index is 13.6. The lowest BCUT2D eigenvalue weighted by atomic mass is 9.95. The van der Waals surface area contributed by atoms with E-state index in [1.807, 2.05) is 12.1 Å². The van der Waals surface area contributed by atoms with Gasteiger partial charge in [-0.25, -0.2) is 9.79 Å². The summed E-state index contributed by atoms with van der Waals surface area (Å²) in [5.41, 5.74) is 1.81. The Balaban J connectivity index is 1.94. The van der Waals surface area contributed by atoms with Crippen LogP contribution in [0.1, 0.15) is 31.0 Å². The predicted octanol–water partition coefficient (Wildman–Crippen LogP) is 2.52. The molecule has 1 atom stereocenters. The molecule has 0 spiro atoms. The van der Waals surface area contributed by atoms with Gasteiger partial charge in [-0.3, -0.25) is 9.36 Å². The Morgan fingerprint density at radius 3 is 2.68 bits per heavy atom. The number of benzene rings is 2. The van der Waals surface area contributed by atoms with E-state index in [2.05, 4.69) is 4.99 Å². The molecule has 34 heavy (non-hydrogen) atoms. The van der Waals surface area contributed by atoms with E-state index < -0.39 is 12.0 Å². The Morgan fingerprint density at radius 2 is 2.00 bits per heavy atom. The molecule has 0 unspecified atom stereocenters. The number of hydrogen-bond donors (Lipinski definition) is 1. The maximum Gasteiger partial charge on any atom is 0.338 e. The summed E-state index contributed by atoms with van der Waals surface area (Å²) in [5.74, 6) is 0.391. The summed E-state index contributed by atoms with van der Waals surface area (Å²) < 4.78 is 17.7. The zero-order chi connectivity index (χ0) is 24.4. The first-order valence-corrected chi connectivity index (χ1v) is 11.4. The van der Waals surface area contributed by atoms with Crippen molar-refractivity contribution in [2.45, 2.75) is 19.9 Å². The van der Waals surface area contributed by atoms with Crippen molar-refractivity contribution in [3.8, 4) is 17.2 Å².